The molecule has 0 atom stereocenters. The molecule has 1 aromatic rings. The van der Waals surface area contributed by atoms with Crippen LogP contribution < -0.4 is 0 Å². The number of phenols is 1. The van der Waals surface area contributed by atoms with E-state index in [0.717, 1.165) is 11.0 Å². The van der Waals surface area contributed by atoms with E-state index in [-0.39, 0.29) is 11.3 Å². The zero-order chi connectivity index (χ0) is 10.0. The molecule has 0 saturated carbocycles. The molecule has 0 amide bonds. The van der Waals surface area contributed by atoms with Gasteiger partial charge in [0, 0.05) is 0 Å². The minimum absolute atomic E-state index is 0.0509. The minimum Gasteiger partial charge on any atom is -0.506 e. The number of aromatic carboxylic acids is 1. The highest BCUT2D eigenvalue weighted by Crippen LogP contribution is 2.37. The van der Waals surface area contributed by atoms with Crippen LogP contribution in [0.15, 0.2) is 21.5 Å². The zero-order valence-electron chi connectivity index (χ0n) is 6.12. The second-order valence-corrected chi connectivity index (χ2v) is 4.10. The van der Waals surface area contributed by atoms with E-state index < -0.39 is 5.97 Å². The van der Waals surface area contributed by atoms with Crippen LogP contribution in [0.4, 0.5) is 0 Å². The Hall–Kier alpha value is -0.390. The van der Waals surface area contributed by atoms with E-state index in [1.807, 2.05) is 0 Å². The predicted octanol–water partition coefficient (Wildman–Crippen LogP) is 3.10. The molecule has 2 N–H and O–H groups in total. The lowest BCUT2D eigenvalue weighted by molar-refractivity contribution is 0.0696. The summed E-state index contributed by atoms with van der Waals surface area (Å²) in [5.74, 6) is -1.11. The van der Waals surface area contributed by atoms with Gasteiger partial charge in [0.25, 0.3) is 0 Å². The molecule has 6 heteroatoms. The molecule has 1 rings (SSSR count). The molecule has 0 aromatic heterocycles. The van der Waals surface area contributed by atoms with Gasteiger partial charge in [-0.25, -0.2) is 4.79 Å². The number of hydrogen-bond acceptors (Lipinski definition) is 3. The highest BCUT2D eigenvalue weighted by molar-refractivity contribution is 9.10. The van der Waals surface area contributed by atoms with Gasteiger partial charge in [0.1, 0.15) is 5.75 Å². The van der Waals surface area contributed by atoms with Crippen LogP contribution >= 0.6 is 37.6 Å². The van der Waals surface area contributed by atoms with Gasteiger partial charge in [-0.2, -0.15) is 0 Å². The fourth-order valence-corrected chi connectivity index (χ4v) is 2.05. The quantitative estimate of drug-likeness (QED) is 0.875. The number of benzene rings is 1. The second kappa shape index (κ2) is 4.21. The van der Waals surface area contributed by atoms with Crippen LogP contribution in [0.3, 0.4) is 0 Å². The Kier molecular flexibility index (Phi) is 3.47. The van der Waals surface area contributed by atoms with Crippen molar-refractivity contribution in [2.45, 2.75) is 4.90 Å². The summed E-state index contributed by atoms with van der Waals surface area (Å²) in [6, 6.07) is 2.62. The molecule has 0 spiro atoms. The van der Waals surface area contributed by atoms with E-state index in [1.54, 1.807) is 0 Å². The fraction of sp³-hybridized carbons (Fsp3) is 0. The first-order valence-electron chi connectivity index (χ1n) is 3.10. The number of carbonyl (C=O) groups is 1. The first-order valence-corrected chi connectivity index (χ1v) is 5.54. The van der Waals surface area contributed by atoms with E-state index >= 15 is 0 Å². The molecule has 0 heterocycles. The summed E-state index contributed by atoms with van der Waals surface area (Å²) in [5.41, 5.74) is 0.0767. The maximum atomic E-state index is 10.6. The Morgan fingerprint density at radius 3 is 2.62 bits per heavy atom. The fourth-order valence-electron chi connectivity index (χ4n) is 0.756. The first-order chi connectivity index (χ1) is 6.06. The maximum absolute atomic E-state index is 10.6. The monoisotopic (exact) mass is 282 g/mol. The Morgan fingerprint density at radius 1 is 1.54 bits per heavy atom. The number of rotatable bonds is 2. The minimum atomic E-state index is -1.06. The third kappa shape index (κ3) is 2.30. The van der Waals surface area contributed by atoms with Crippen LogP contribution in [-0.4, -0.2) is 16.2 Å². The molecule has 13 heavy (non-hydrogen) atoms. The lowest BCUT2D eigenvalue weighted by Crippen LogP contribution is -1.96. The van der Waals surface area contributed by atoms with Crippen LogP contribution in [0.1, 0.15) is 10.4 Å². The van der Waals surface area contributed by atoms with Gasteiger partial charge >= 0.3 is 5.97 Å². The average Bonchev–Trinajstić information content (AvgIpc) is 2.09. The number of hydrogen-bond donors (Lipinski definition) is 2. The number of aromatic hydroxyl groups is 1. The number of halogens is 2. The molecular weight excluding hydrogens is 279 g/mol. The Balaban J connectivity index is 3.30. The van der Waals surface area contributed by atoms with Crippen molar-refractivity contribution in [3.05, 3.63) is 22.2 Å². The number of phenolic OH excluding ortho intramolecular Hbond substituents is 1. The van der Waals surface area contributed by atoms with Crippen molar-refractivity contribution in [3.63, 3.8) is 0 Å². The summed E-state index contributed by atoms with van der Waals surface area (Å²) < 4.78 is 0.315. The summed E-state index contributed by atoms with van der Waals surface area (Å²) in [6.07, 6.45) is 0. The summed E-state index contributed by atoms with van der Waals surface area (Å²) in [4.78, 5) is 10.9. The molecule has 0 saturated heterocycles. The van der Waals surface area contributed by atoms with Gasteiger partial charge in [-0.15, -0.1) is 0 Å². The van der Waals surface area contributed by atoms with Gasteiger partial charge in [0.2, 0.25) is 0 Å². The third-order valence-corrected chi connectivity index (χ3v) is 2.94. The van der Waals surface area contributed by atoms with Crippen LogP contribution in [0.5, 0.6) is 5.75 Å². The lowest BCUT2D eigenvalue weighted by atomic mass is 10.2. The highest BCUT2D eigenvalue weighted by Gasteiger charge is 2.11. The third-order valence-electron chi connectivity index (χ3n) is 1.36. The van der Waals surface area contributed by atoms with Crippen molar-refractivity contribution in [2.75, 3.05) is 0 Å². The normalized spacial score (nSPS) is 10.0. The van der Waals surface area contributed by atoms with Crippen LogP contribution in [0.25, 0.3) is 0 Å². The second-order valence-electron chi connectivity index (χ2n) is 2.19. The molecule has 0 aliphatic carbocycles. The van der Waals surface area contributed by atoms with Crippen LogP contribution in [-0.2, 0) is 0 Å². The topological polar surface area (TPSA) is 57.5 Å². The van der Waals surface area contributed by atoms with Gasteiger partial charge in [-0.05, 0) is 49.7 Å². The van der Waals surface area contributed by atoms with E-state index in [4.69, 9.17) is 15.8 Å². The molecule has 70 valence electrons. The highest BCUT2D eigenvalue weighted by atomic mass is 79.9. The predicted molar refractivity (Wildman–Crippen MR) is 54.5 cm³/mol. The van der Waals surface area contributed by atoms with Crippen LogP contribution in [0, 0.1) is 0 Å². The van der Waals surface area contributed by atoms with Gasteiger partial charge in [-0.1, -0.05) is 0 Å². The number of carboxylic acids is 1. The molecule has 3 nitrogen and oxygen atoms in total. The van der Waals surface area contributed by atoms with Crippen molar-refractivity contribution in [1.82, 2.24) is 0 Å². The smallest absolute Gasteiger partial charge is 0.335 e. The maximum Gasteiger partial charge on any atom is 0.335 e. The first kappa shape index (κ1) is 10.7. The van der Waals surface area contributed by atoms with Gasteiger partial charge in [0.05, 0.1) is 14.9 Å². The van der Waals surface area contributed by atoms with Gasteiger partial charge < -0.3 is 10.2 Å². The lowest BCUT2D eigenvalue weighted by Gasteiger charge is -2.03. The molecule has 0 aliphatic heterocycles. The molecule has 0 bridgehead atoms. The van der Waals surface area contributed by atoms with Crippen molar-refractivity contribution < 1.29 is 15.0 Å². The van der Waals surface area contributed by atoms with E-state index in [1.165, 1.54) is 12.1 Å². The Bertz CT molecular complexity index is 356. The van der Waals surface area contributed by atoms with Crippen molar-refractivity contribution in [2.24, 2.45) is 0 Å². The average molecular weight is 284 g/mol. The largest absolute Gasteiger partial charge is 0.506 e. The Labute approximate surface area is 91.3 Å². The summed E-state index contributed by atoms with van der Waals surface area (Å²) in [5, 5.41) is 18.0. The van der Waals surface area contributed by atoms with E-state index in [0.29, 0.717) is 9.37 Å². The summed E-state index contributed by atoms with van der Waals surface area (Å²) >= 11 is 3.02. The molecule has 0 aliphatic rings. The van der Waals surface area contributed by atoms with E-state index in [9.17, 15) is 9.90 Å². The number of carboxylic acid groups (broad SMARTS) is 1. The SMILES string of the molecule is O=C(O)c1cc(Br)c(O)c(SCl)c1. The van der Waals surface area contributed by atoms with Gasteiger partial charge in [-0.3, -0.25) is 0 Å². The molecule has 0 unspecified atom stereocenters. The summed E-state index contributed by atoms with van der Waals surface area (Å²) in [7, 11) is 6.19. The molecule has 0 radical (unpaired) electrons. The summed E-state index contributed by atoms with van der Waals surface area (Å²) in [6.45, 7) is 0. The molecule has 1 aromatic carbocycles. The Morgan fingerprint density at radius 2 is 2.15 bits per heavy atom. The zero-order valence-corrected chi connectivity index (χ0v) is 9.28. The molecule has 0 fully saturated rings. The van der Waals surface area contributed by atoms with Crippen molar-refractivity contribution >= 4 is 43.6 Å². The van der Waals surface area contributed by atoms with Gasteiger partial charge in [0.15, 0.2) is 0 Å². The standard InChI is InChI=1S/C7H4BrClO3S/c8-4-1-3(7(11)12)2-5(13-9)6(4)10/h1-2,10H,(H,11,12). The van der Waals surface area contributed by atoms with Crippen molar-refractivity contribution in [3.8, 4) is 5.75 Å². The molecular formula is C7H4BrClO3S. The van der Waals surface area contributed by atoms with E-state index in [2.05, 4.69) is 15.9 Å². The van der Waals surface area contributed by atoms with Crippen LogP contribution in [0.2, 0.25) is 0 Å². The van der Waals surface area contributed by atoms with Crippen molar-refractivity contribution in [1.29, 1.82) is 0 Å².